The van der Waals surface area contributed by atoms with E-state index in [1.165, 1.54) is 0 Å². The lowest BCUT2D eigenvalue weighted by atomic mass is 9.94. The van der Waals surface area contributed by atoms with Crippen molar-refractivity contribution in [2.75, 3.05) is 19.8 Å². The summed E-state index contributed by atoms with van der Waals surface area (Å²) < 4.78 is 11.5. The molecule has 1 aromatic rings. The summed E-state index contributed by atoms with van der Waals surface area (Å²) >= 11 is 3.35. The van der Waals surface area contributed by atoms with E-state index >= 15 is 0 Å². The molecule has 2 rings (SSSR count). The monoisotopic (exact) mass is 287 g/mol. The Morgan fingerprint density at radius 1 is 1.69 bits per heavy atom. The zero-order valence-corrected chi connectivity index (χ0v) is 10.7. The molecule has 0 spiro atoms. The van der Waals surface area contributed by atoms with Crippen molar-refractivity contribution in [3.05, 3.63) is 22.3 Å². The number of hydrogen-bond acceptors (Lipinski definition) is 4. The third-order valence-electron chi connectivity index (χ3n) is 2.60. The summed E-state index contributed by atoms with van der Waals surface area (Å²) in [4.78, 5) is 4.17. The van der Waals surface area contributed by atoms with Gasteiger partial charge in [-0.25, -0.2) is 4.98 Å². The lowest BCUT2D eigenvalue weighted by Crippen LogP contribution is -2.27. The molecule has 1 atom stereocenters. The molecule has 16 heavy (non-hydrogen) atoms. The fraction of sp³-hybridized carbons (Fsp3) is 0.545. The molecule has 0 saturated carbocycles. The van der Waals surface area contributed by atoms with Gasteiger partial charge < -0.3 is 14.6 Å². The summed E-state index contributed by atoms with van der Waals surface area (Å²) in [6, 6.07) is 1.84. The van der Waals surface area contributed by atoms with Gasteiger partial charge in [-0.15, -0.1) is 0 Å². The highest BCUT2D eigenvalue weighted by molar-refractivity contribution is 9.10. The zero-order chi connectivity index (χ0) is 11.6. The van der Waals surface area contributed by atoms with Crippen LogP contribution in [0.3, 0.4) is 0 Å². The molecular weight excluding hydrogens is 274 g/mol. The first-order valence-corrected chi connectivity index (χ1v) is 6.04. The molecule has 0 unspecified atom stereocenters. The number of aromatic nitrogens is 1. The second kappa shape index (κ2) is 4.69. The first kappa shape index (κ1) is 11.8. The molecule has 0 amide bonds. The van der Waals surface area contributed by atoms with Crippen molar-refractivity contribution in [3.8, 4) is 5.88 Å². The lowest BCUT2D eigenvalue weighted by Gasteiger charge is -2.23. The first-order chi connectivity index (χ1) is 7.65. The molecule has 4 nitrogen and oxygen atoms in total. The van der Waals surface area contributed by atoms with Gasteiger partial charge in [0.05, 0.1) is 13.2 Å². The van der Waals surface area contributed by atoms with Gasteiger partial charge in [0, 0.05) is 29.3 Å². The van der Waals surface area contributed by atoms with E-state index in [0.29, 0.717) is 37.7 Å². The third-order valence-corrected chi connectivity index (χ3v) is 3.03. The smallest absolute Gasteiger partial charge is 0.219 e. The third kappa shape index (κ3) is 2.21. The highest BCUT2D eigenvalue weighted by atomic mass is 79.9. The average molecular weight is 288 g/mol. The van der Waals surface area contributed by atoms with Crippen LogP contribution >= 0.6 is 15.9 Å². The van der Waals surface area contributed by atoms with Crippen LogP contribution in [0.4, 0.5) is 0 Å². The maximum Gasteiger partial charge on any atom is 0.219 e. The molecule has 2 heterocycles. The summed E-state index contributed by atoms with van der Waals surface area (Å²) in [5, 5.41) is 10.4. The highest BCUT2D eigenvalue weighted by Gasteiger charge is 2.37. The maximum absolute atomic E-state index is 10.4. The second-order valence-electron chi connectivity index (χ2n) is 3.77. The Labute approximate surface area is 103 Å². The largest absolute Gasteiger partial charge is 0.478 e. The standard InChI is InChI=1S/C11H14BrNO3/c1-2-16-10-9(5-8(12)6-13-10)11(14)3-4-15-7-11/h5-6,14H,2-4,7H2,1H3/t11-/m1/s1. The maximum atomic E-state index is 10.4. The Morgan fingerprint density at radius 3 is 3.12 bits per heavy atom. The summed E-state index contributed by atoms with van der Waals surface area (Å²) in [7, 11) is 0. The molecule has 0 bridgehead atoms. The minimum Gasteiger partial charge on any atom is -0.478 e. The normalized spacial score (nSPS) is 24.7. The van der Waals surface area contributed by atoms with Crippen LogP contribution in [-0.4, -0.2) is 29.9 Å². The zero-order valence-electron chi connectivity index (χ0n) is 9.07. The molecule has 1 N–H and O–H groups in total. The highest BCUT2D eigenvalue weighted by Crippen LogP contribution is 2.36. The number of nitrogens with zero attached hydrogens (tertiary/aromatic N) is 1. The van der Waals surface area contributed by atoms with E-state index in [2.05, 4.69) is 20.9 Å². The summed E-state index contributed by atoms with van der Waals surface area (Å²) in [5.74, 6) is 0.485. The van der Waals surface area contributed by atoms with Crippen LogP contribution in [0.25, 0.3) is 0 Å². The van der Waals surface area contributed by atoms with E-state index in [1.807, 2.05) is 13.0 Å². The predicted octanol–water partition coefficient (Wildman–Crippen LogP) is 1.85. The molecule has 88 valence electrons. The van der Waals surface area contributed by atoms with E-state index in [4.69, 9.17) is 9.47 Å². The summed E-state index contributed by atoms with van der Waals surface area (Å²) in [5.41, 5.74) is -0.275. The Morgan fingerprint density at radius 2 is 2.50 bits per heavy atom. The number of aliphatic hydroxyl groups is 1. The molecule has 5 heteroatoms. The van der Waals surface area contributed by atoms with Crippen LogP contribution in [0.15, 0.2) is 16.7 Å². The van der Waals surface area contributed by atoms with E-state index < -0.39 is 5.60 Å². The number of halogens is 1. The van der Waals surface area contributed by atoms with Crippen LogP contribution in [-0.2, 0) is 10.3 Å². The Kier molecular flexibility index (Phi) is 3.47. The molecule has 1 aromatic heterocycles. The molecule has 0 aromatic carbocycles. The Balaban J connectivity index is 2.40. The summed E-state index contributed by atoms with van der Waals surface area (Å²) in [6.45, 7) is 3.28. The van der Waals surface area contributed by atoms with Crippen LogP contribution in [0.2, 0.25) is 0 Å². The SMILES string of the molecule is CCOc1ncc(Br)cc1[C@@]1(O)CCOC1. The quantitative estimate of drug-likeness (QED) is 0.922. The number of hydrogen-bond donors (Lipinski definition) is 1. The van der Waals surface area contributed by atoms with Crippen LogP contribution in [0.5, 0.6) is 5.88 Å². The predicted molar refractivity (Wildman–Crippen MR) is 62.4 cm³/mol. The Bertz CT molecular complexity index is 377. The molecule has 1 aliphatic heterocycles. The van der Waals surface area contributed by atoms with Gasteiger partial charge in [0.2, 0.25) is 5.88 Å². The number of rotatable bonds is 3. The van der Waals surface area contributed by atoms with Gasteiger partial charge >= 0.3 is 0 Å². The van der Waals surface area contributed by atoms with E-state index in [0.717, 1.165) is 4.47 Å². The van der Waals surface area contributed by atoms with Gasteiger partial charge in [0.1, 0.15) is 5.60 Å². The van der Waals surface area contributed by atoms with Crippen molar-refractivity contribution < 1.29 is 14.6 Å². The topological polar surface area (TPSA) is 51.6 Å². The number of pyridine rings is 1. The first-order valence-electron chi connectivity index (χ1n) is 5.24. The van der Waals surface area contributed by atoms with Gasteiger partial charge in [-0.2, -0.15) is 0 Å². The molecule has 1 fully saturated rings. The van der Waals surface area contributed by atoms with E-state index in [-0.39, 0.29) is 0 Å². The molecule has 1 saturated heterocycles. The summed E-state index contributed by atoms with van der Waals surface area (Å²) in [6.07, 6.45) is 2.23. The van der Waals surface area contributed by atoms with Gasteiger partial charge in [-0.1, -0.05) is 0 Å². The second-order valence-corrected chi connectivity index (χ2v) is 4.69. The van der Waals surface area contributed by atoms with E-state index in [9.17, 15) is 5.11 Å². The molecule has 0 aliphatic carbocycles. The van der Waals surface area contributed by atoms with Gasteiger partial charge in [0.25, 0.3) is 0 Å². The Hall–Kier alpha value is -0.650. The van der Waals surface area contributed by atoms with Crippen LogP contribution < -0.4 is 4.74 Å². The van der Waals surface area contributed by atoms with Crippen LogP contribution in [0, 0.1) is 0 Å². The fourth-order valence-electron chi connectivity index (χ4n) is 1.78. The lowest BCUT2D eigenvalue weighted by molar-refractivity contribution is 0.0202. The van der Waals surface area contributed by atoms with Crippen molar-refractivity contribution >= 4 is 15.9 Å². The van der Waals surface area contributed by atoms with Gasteiger partial charge in [-0.05, 0) is 28.9 Å². The number of ether oxygens (including phenoxy) is 2. The van der Waals surface area contributed by atoms with Crippen molar-refractivity contribution in [2.45, 2.75) is 18.9 Å². The van der Waals surface area contributed by atoms with Crippen LogP contribution in [0.1, 0.15) is 18.9 Å². The van der Waals surface area contributed by atoms with E-state index in [1.54, 1.807) is 6.20 Å². The van der Waals surface area contributed by atoms with Gasteiger partial charge in [0.15, 0.2) is 0 Å². The minimum absolute atomic E-state index is 0.297. The van der Waals surface area contributed by atoms with Crippen molar-refractivity contribution in [1.82, 2.24) is 4.98 Å². The molecular formula is C11H14BrNO3. The average Bonchev–Trinajstić information content (AvgIpc) is 2.69. The van der Waals surface area contributed by atoms with Crippen molar-refractivity contribution in [2.24, 2.45) is 0 Å². The molecule has 0 radical (unpaired) electrons. The van der Waals surface area contributed by atoms with Gasteiger partial charge in [-0.3, -0.25) is 0 Å². The minimum atomic E-state index is -0.971. The molecule has 1 aliphatic rings. The fourth-order valence-corrected chi connectivity index (χ4v) is 2.11. The van der Waals surface area contributed by atoms with Crippen molar-refractivity contribution in [1.29, 1.82) is 0 Å². The van der Waals surface area contributed by atoms with Crippen molar-refractivity contribution in [3.63, 3.8) is 0 Å².